The monoisotopic (exact) mass is 271 g/mol. The lowest BCUT2D eigenvalue weighted by Gasteiger charge is -2.09. The number of hydrogen-bond acceptors (Lipinski definition) is 3. The first kappa shape index (κ1) is 12.1. The van der Waals surface area contributed by atoms with Crippen LogP contribution in [0.5, 0.6) is 0 Å². The lowest BCUT2D eigenvalue weighted by atomic mass is 9.96. The molecule has 0 aliphatic carbocycles. The van der Waals surface area contributed by atoms with E-state index in [-0.39, 0.29) is 5.02 Å². The summed E-state index contributed by atoms with van der Waals surface area (Å²) in [6.45, 7) is 0. The summed E-state index contributed by atoms with van der Waals surface area (Å²) < 4.78 is 0. The van der Waals surface area contributed by atoms with Crippen molar-refractivity contribution in [1.82, 2.24) is 4.90 Å². The summed E-state index contributed by atoms with van der Waals surface area (Å²) in [6, 6.07) is 4.44. The Morgan fingerprint density at radius 2 is 1.82 bits per heavy atom. The number of likely N-dealkylation sites (N-methyl/N-ethyl adjacent to an activating group) is 1. The van der Waals surface area contributed by atoms with E-state index in [2.05, 4.69) is 0 Å². The van der Waals surface area contributed by atoms with Crippen LogP contribution in [0.3, 0.4) is 0 Å². The van der Waals surface area contributed by atoms with Crippen LogP contribution in [0.1, 0.15) is 11.5 Å². The van der Waals surface area contributed by atoms with Crippen molar-refractivity contribution in [3.8, 4) is 0 Å². The van der Waals surface area contributed by atoms with E-state index in [0.717, 1.165) is 4.90 Å². The number of benzene rings is 1. The largest absolute Gasteiger partial charge is 0.297 e. The number of nitrogens with zero attached hydrogens (tertiary/aromatic N) is 1. The molecule has 1 unspecified atom stereocenters. The maximum absolute atomic E-state index is 11.8. The summed E-state index contributed by atoms with van der Waals surface area (Å²) in [7, 11) is 1.27. The number of imide groups is 1. The Balaban J connectivity index is 2.51. The van der Waals surface area contributed by atoms with Gasteiger partial charge in [0.15, 0.2) is 0 Å². The van der Waals surface area contributed by atoms with Crippen molar-refractivity contribution in [2.45, 2.75) is 5.92 Å². The van der Waals surface area contributed by atoms with Gasteiger partial charge in [-0.05, 0) is 17.7 Å². The van der Waals surface area contributed by atoms with Crippen LogP contribution >= 0.6 is 23.2 Å². The average Bonchev–Trinajstić information content (AvgIpc) is 2.45. The van der Waals surface area contributed by atoms with Gasteiger partial charge in [0.2, 0.25) is 11.7 Å². The molecule has 1 aromatic carbocycles. The quantitative estimate of drug-likeness (QED) is 0.443. The first-order valence-corrected chi connectivity index (χ1v) is 5.49. The van der Waals surface area contributed by atoms with Crippen LogP contribution in [-0.4, -0.2) is 29.5 Å². The molecule has 2 rings (SSSR count). The molecule has 1 aliphatic rings. The molecule has 0 aromatic heterocycles. The number of halogens is 2. The van der Waals surface area contributed by atoms with Crippen molar-refractivity contribution >= 4 is 40.8 Å². The van der Waals surface area contributed by atoms with Crippen LogP contribution in [-0.2, 0) is 14.4 Å². The van der Waals surface area contributed by atoms with Gasteiger partial charge in [0.25, 0.3) is 5.91 Å². The van der Waals surface area contributed by atoms with E-state index in [9.17, 15) is 14.4 Å². The Hall–Kier alpha value is -1.39. The number of likely N-dealkylation sites (tertiary alicyclic amines) is 1. The molecule has 0 radical (unpaired) electrons. The maximum Gasteiger partial charge on any atom is 0.297 e. The lowest BCUT2D eigenvalue weighted by Crippen LogP contribution is -2.26. The van der Waals surface area contributed by atoms with Crippen LogP contribution in [0.2, 0.25) is 10.0 Å². The molecular formula is C11H7Cl2NO3. The third kappa shape index (κ3) is 1.83. The van der Waals surface area contributed by atoms with Crippen molar-refractivity contribution in [1.29, 1.82) is 0 Å². The van der Waals surface area contributed by atoms with Crippen LogP contribution in [0, 0.1) is 0 Å². The Morgan fingerprint density at radius 3 is 2.29 bits per heavy atom. The zero-order chi connectivity index (χ0) is 12.7. The minimum atomic E-state index is -1.14. The van der Waals surface area contributed by atoms with Gasteiger partial charge in [-0.15, -0.1) is 0 Å². The van der Waals surface area contributed by atoms with Crippen molar-refractivity contribution in [3.63, 3.8) is 0 Å². The molecule has 1 heterocycles. The van der Waals surface area contributed by atoms with E-state index in [1.54, 1.807) is 0 Å². The first-order valence-electron chi connectivity index (χ1n) is 4.74. The Bertz CT molecular complexity index is 542. The molecule has 1 saturated heterocycles. The highest BCUT2D eigenvalue weighted by atomic mass is 35.5. The maximum atomic E-state index is 11.8. The fourth-order valence-corrected chi connectivity index (χ4v) is 2.22. The number of carbonyl (C=O) groups is 3. The molecule has 0 spiro atoms. The molecule has 1 aromatic rings. The summed E-state index contributed by atoms with van der Waals surface area (Å²) in [5, 5.41) is 0.601. The normalized spacial score (nSPS) is 20.3. The highest BCUT2D eigenvalue weighted by Gasteiger charge is 2.46. The van der Waals surface area contributed by atoms with Gasteiger partial charge in [-0.3, -0.25) is 19.3 Å². The van der Waals surface area contributed by atoms with Crippen molar-refractivity contribution in [2.75, 3.05) is 7.05 Å². The van der Waals surface area contributed by atoms with E-state index >= 15 is 0 Å². The van der Waals surface area contributed by atoms with Gasteiger partial charge in [0.05, 0.1) is 0 Å². The van der Waals surface area contributed by atoms with E-state index in [1.165, 1.54) is 25.2 Å². The van der Waals surface area contributed by atoms with Gasteiger partial charge in [0, 0.05) is 17.1 Å². The average molecular weight is 272 g/mol. The van der Waals surface area contributed by atoms with Gasteiger partial charge in [-0.1, -0.05) is 29.3 Å². The molecule has 2 amide bonds. The molecule has 4 nitrogen and oxygen atoms in total. The molecule has 1 fully saturated rings. The number of ketones is 1. The lowest BCUT2D eigenvalue weighted by molar-refractivity contribution is -0.141. The number of Topliss-reactive ketones (excluding diaryl/α,β-unsaturated/α-hetero) is 1. The number of amides is 2. The Morgan fingerprint density at radius 1 is 1.18 bits per heavy atom. The fourth-order valence-electron chi connectivity index (χ4n) is 1.70. The van der Waals surface area contributed by atoms with Crippen LogP contribution in [0.4, 0.5) is 0 Å². The summed E-state index contributed by atoms with van der Waals surface area (Å²) in [5.41, 5.74) is 0.309. The van der Waals surface area contributed by atoms with Crippen molar-refractivity contribution in [2.24, 2.45) is 0 Å². The molecule has 88 valence electrons. The Kier molecular flexibility index (Phi) is 2.93. The summed E-state index contributed by atoms with van der Waals surface area (Å²) >= 11 is 11.6. The third-order valence-electron chi connectivity index (χ3n) is 2.63. The first-order chi connectivity index (χ1) is 7.93. The second kappa shape index (κ2) is 4.13. The molecule has 1 aliphatic heterocycles. The molecule has 17 heavy (non-hydrogen) atoms. The van der Waals surface area contributed by atoms with Gasteiger partial charge in [-0.25, -0.2) is 0 Å². The predicted molar refractivity (Wildman–Crippen MR) is 62.0 cm³/mol. The second-order valence-electron chi connectivity index (χ2n) is 3.67. The van der Waals surface area contributed by atoms with E-state index in [1.807, 2.05) is 0 Å². The molecule has 1 atom stereocenters. The number of hydrogen-bond donors (Lipinski definition) is 0. The van der Waals surface area contributed by atoms with Crippen molar-refractivity contribution in [3.05, 3.63) is 33.8 Å². The third-order valence-corrected chi connectivity index (χ3v) is 3.19. The topological polar surface area (TPSA) is 54.5 Å². The standard InChI is InChI=1S/C11H7Cl2NO3/c1-14-10(16)8(9(15)11(14)17)6-3-2-5(12)4-7(6)13/h2-4,8H,1H3. The molecule has 0 N–H and O–H groups in total. The zero-order valence-electron chi connectivity index (χ0n) is 8.74. The van der Waals surface area contributed by atoms with Crippen LogP contribution < -0.4 is 0 Å². The highest BCUT2D eigenvalue weighted by molar-refractivity contribution is 6.50. The summed E-state index contributed by atoms with van der Waals surface area (Å²) in [5.74, 6) is -3.28. The molecule has 0 saturated carbocycles. The number of rotatable bonds is 1. The van der Waals surface area contributed by atoms with E-state index in [0.29, 0.717) is 10.6 Å². The van der Waals surface area contributed by atoms with Gasteiger partial charge >= 0.3 is 0 Å². The SMILES string of the molecule is CN1C(=O)C(=O)C(c2ccc(Cl)cc2Cl)C1=O. The summed E-state index contributed by atoms with van der Waals surface area (Å²) in [6.07, 6.45) is 0. The molecule has 0 bridgehead atoms. The minimum absolute atomic E-state index is 0.201. The Labute approximate surface area is 107 Å². The van der Waals surface area contributed by atoms with E-state index in [4.69, 9.17) is 23.2 Å². The summed E-state index contributed by atoms with van der Waals surface area (Å²) in [4.78, 5) is 35.6. The van der Waals surface area contributed by atoms with Crippen LogP contribution in [0.15, 0.2) is 18.2 Å². The fraction of sp³-hybridized carbons (Fsp3) is 0.182. The van der Waals surface area contributed by atoms with Gasteiger partial charge in [-0.2, -0.15) is 0 Å². The van der Waals surface area contributed by atoms with Gasteiger partial charge < -0.3 is 0 Å². The minimum Gasteiger partial charge on any atom is -0.287 e. The smallest absolute Gasteiger partial charge is 0.287 e. The second-order valence-corrected chi connectivity index (χ2v) is 4.51. The molecular weight excluding hydrogens is 265 g/mol. The zero-order valence-corrected chi connectivity index (χ0v) is 10.2. The van der Waals surface area contributed by atoms with Crippen molar-refractivity contribution < 1.29 is 14.4 Å². The highest BCUT2D eigenvalue weighted by Crippen LogP contribution is 2.32. The van der Waals surface area contributed by atoms with E-state index < -0.39 is 23.5 Å². The van der Waals surface area contributed by atoms with Crippen LogP contribution in [0.25, 0.3) is 0 Å². The molecule has 6 heteroatoms. The van der Waals surface area contributed by atoms with Gasteiger partial charge in [0.1, 0.15) is 5.92 Å². The predicted octanol–water partition coefficient (Wildman–Crippen LogP) is 1.64. The number of carbonyl (C=O) groups excluding carboxylic acids is 3.